The van der Waals surface area contributed by atoms with E-state index in [-0.39, 0.29) is 45.7 Å². The third kappa shape index (κ3) is 6.02. The average Bonchev–Trinajstić information content (AvgIpc) is 3.58. The number of nitrogens with zero attached hydrogens (tertiary/aromatic N) is 5. The van der Waals surface area contributed by atoms with E-state index < -0.39 is 18.6 Å². The summed E-state index contributed by atoms with van der Waals surface area (Å²) in [6.07, 6.45) is 2.14. The Morgan fingerprint density at radius 3 is 2.45 bits per heavy atom. The van der Waals surface area contributed by atoms with Crippen LogP contribution in [0, 0.1) is 5.82 Å². The van der Waals surface area contributed by atoms with E-state index in [1.54, 1.807) is 27.8 Å². The minimum Gasteiger partial charge on any atom is -0.463 e. The summed E-state index contributed by atoms with van der Waals surface area (Å²) >= 11 is 6.44. The van der Waals surface area contributed by atoms with Crippen molar-refractivity contribution in [1.29, 1.82) is 0 Å². The molecule has 222 valence electrons. The summed E-state index contributed by atoms with van der Waals surface area (Å²) in [4.78, 5) is 48.1. The fourth-order valence-corrected chi connectivity index (χ4v) is 5.37. The summed E-state index contributed by atoms with van der Waals surface area (Å²) in [5.41, 5.74) is 7.01. The van der Waals surface area contributed by atoms with Crippen LogP contribution in [0.3, 0.4) is 0 Å². The first-order valence-electron chi connectivity index (χ1n) is 13.4. The Hall–Kier alpha value is -4.23. The van der Waals surface area contributed by atoms with Crippen molar-refractivity contribution in [3.8, 4) is 17.0 Å². The smallest absolute Gasteiger partial charge is 0.320 e. The zero-order valence-corrected chi connectivity index (χ0v) is 23.6. The van der Waals surface area contributed by atoms with Gasteiger partial charge >= 0.3 is 6.03 Å². The molecule has 42 heavy (non-hydrogen) atoms. The topological polar surface area (TPSA) is 126 Å². The number of imidazole rings is 1. The highest BCUT2D eigenvalue weighted by Crippen LogP contribution is 2.28. The number of ether oxygens (including phenoxy) is 1. The van der Waals surface area contributed by atoms with E-state index >= 15 is 0 Å². The van der Waals surface area contributed by atoms with Gasteiger partial charge in [-0.2, -0.15) is 0 Å². The van der Waals surface area contributed by atoms with Gasteiger partial charge in [0.2, 0.25) is 6.86 Å². The number of nitrogens with one attached hydrogen (secondary N) is 1. The summed E-state index contributed by atoms with van der Waals surface area (Å²) in [6, 6.07) is 8.39. The molecule has 0 unspecified atom stereocenters. The van der Waals surface area contributed by atoms with E-state index in [1.807, 2.05) is 0 Å². The van der Waals surface area contributed by atoms with Crippen molar-refractivity contribution in [3.05, 3.63) is 64.8 Å². The van der Waals surface area contributed by atoms with Crippen LogP contribution in [0.15, 0.2) is 42.6 Å². The molecule has 11 nitrogen and oxygen atoms in total. The normalized spacial score (nSPS) is 17.0. The molecule has 2 aliphatic heterocycles. The lowest BCUT2D eigenvalue weighted by Gasteiger charge is -2.36. The lowest BCUT2D eigenvalue weighted by Crippen LogP contribution is -2.54. The third-order valence-corrected chi connectivity index (χ3v) is 7.73. The molecule has 0 aliphatic carbocycles. The number of likely N-dealkylation sites (tertiary alicyclic amines) is 1. The van der Waals surface area contributed by atoms with Gasteiger partial charge in [0.05, 0.1) is 22.5 Å². The summed E-state index contributed by atoms with van der Waals surface area (Å²) in [6.45, 7) is 1.66. The molecule has 2 aliphatic rings. The SMILES string of the molecule is Cn1c(-c2ccc(OCF)cc2F)cnc1C(=O)Nc1ccc(C(=O)N2CCN(C(=O)N3CC[C@@H](N)C3)CC2)c(Cl)c1. The Bertz CT molecular complexity index is 1510. The number of hydrogen-bond donors (Lipinski definition) is 2. The van der Waals surface area contributed by atoms with Crippen LogP contribution in [-0.4, -0.2) is 94.3 Å². The maximum absolute atomic E-state index is 14.6. The quantitative estimate of drug-likeness (QED) is 0.446. The van der Waals surface area contributed by atoms with Crippen LogP contribution in [0.5, 0.6) is 5.75 Å². The van der Waals surface area contributed by atoms with Crippen LogP contribution < -0.4 is 15.8 Å². The van der Waals surface area contributed by atoms with Crippen LogP contribution >= 0.6 is 11.6 Å². The van der Waals surface area contributed by atoms with Crippen molar-refractivity contribution < 1.29 is 27.9 Å². The summed E-state index contributed by atoms with van der Waals surface area (Å²) < 4.78 is 33.1. The maximum Gasteiger partial charge on any atom is 0.320 e. The first-order valence-corrected chi connectivity index (χ1v) is 13.7. The second kappa shape index (κ2) is 12.3. The van der Waals surface area contributed by atoms with Crippen molar-refractivity contribution in [2.45, 2.75) is 12.5 Å². The summed E-state index contributed by atoms with van der Waals surface area (Å²) in [5.74, 6) is -1.46. The molecule has 2 aromatic carbocycles. The zero-order chi connectivity index (χ0) is 30.0. The van der Waals surface area contributed by atoms with Crippen LogP contribution in [0.1, 0.15) is 27.4 Å². The van der Waals surface area contributed by atoms with E-state index in [0.717, 1.165) is 12.5 Å². The first kappa shape index (κ1) is 29.3. The second-order valence-electron chi connectivity index (χ2n) is 10.1. The molecule has 14 heteroatoms. The number of halogens is 3. The highest BCUT2D eigenvalue weighted by atomic mass is 35.5. The molecule has 3 heterocycles. The van der Waals surface area contributed by atoms with Crippen molar-refractivity contribution in [2.24, 2.45) is 12.8 Å². The molecule has 1 atom stereocenters. The lowest BCUT2D eigenvalue weighted by molar-refractivity contribution is 0.0645. The van der Waals surface area contributed by atoms with E-state index in [4.69, 9.17) is 17.3 Å². The van der Waals surface area contributed by atoms with E-state index in [1.165, 1.54) is 35.0 Å². The average molecular weight is 602 g/mol. The highest BCUT2D eigenvalue weighted by Gasteiger charge is 2.31. The van der Waals surface area contributed by atoms with Gasteiger partial charge in [0.15, 0.2) is 5.82 Å². The van der Waals surface area contributed by atoms with Gasteiger partial charge < -0.3 is 35.1 Å². The number of alkyl halides is 1. The highest BCUT2D eigenvalue weighted by molar-refractivity contribution is 6.34. The molecular formula is C28H30ClF2N7O4. The minimum atomic E-state index is -1.08. The monoisotopic (exact) mass is 601 g/mol. The van der Waals surface area contributed by atoms with Crippen molar-refractivity contribution in [1.82, 2.24) is 24.3 Å². The van der Waals surface area contributed by atoms with Crippen molar-refractivity contribution >= 4 is 35.1 Å². The number of amides is 4. The van der Waals surface area contributed by atoms with Gasteiger partial charge in [0, 0.05) is 69.7 Å². The number of urea groups is 1. The number of nitrogens with two attached hydrogens (primary N) is 1. The number of carbonyl (C=O) groups is 3. The van der Waals surface area contributed by atoms with Crippen molar-refractivity contribution in [2.75, 3.05) is 51.4 Å². The molecule has 0 bridgehead atoms. The van der Waals surface area contributed by atoms with Crippen LogP contribution in [0.2, 0.25) is 5.02 Å². The number of hydrogen-bond acceptors (Lipinski definition) is 6. The molecule has 2 saturated heterocycles. The number of benzene rings is 2. The van der Waals surface area contributed by atoms with Gasteiger partial charge in [0.1, 0.15) is 11.6 Å². The van der Waals surface area contributed by atoms with Gasteiger partial charge in [-0.25, -0.2) is 18.6 Å². The molecule has 3 aromatic rings. The van der Waals surface area contributed by atoms with Gasteiger partial charge in [-0.3, -0.25) is 9.59 Å². The second-order valence-corrected chi connectivity index (χ2v) is 10.5. The molecular weight excluding hydrogens is 572 g/mol. The molecule has 0 spiro atoms. The minimum absolute atomic E-state index is 0.00580. The Balaban J connectivity index is 1.21. The molecule has 0 saturated carbocycles. The van der Waals surface area contributed by atoms with Crippen LogP contribution in [0.4, 0.5) is 19.3 Å². The number of carbonyl (C=O) groups excluding carboxylic acids is 3. The van der Waals surface area contributed by atoms with Crippen LogP contribution in [-0.2, 0) is 7.05 Å². The van der Waals surface area contributed by atoms with E-state index in [2.05, 4.69) is 15.0 Å². The van der Waals surface area contributed by atoms with Gasteiger partial charge in [-0.05, 0) is 36.8 Å². The van der Waals surface area contributed by atoms with Gasteiger partial charge in [-0.1, -0.05) is 11.6 Å². The first-order chi connectivity index (χ1) is 20.2. The Kier molecular flexibility index (Phi) is 8.59. The fourth-order valence-electron chi connectivity index (χ4n) is 5.11. The van der Waals surface area contributed by atoms with Gasteiger partial charge in [-0.15, -0.1) is 0 Å². The number of piperazine rings is 1. The number of aromatic nitrogens is 2. The van der Waals surface area contributed by atoms with Gasteiger partial charge in [0.25, 0.3) is 11.8 Å². The predicted octanol–water partition coefficient (Wildman–Crippen LogP) is 3.35. The maximum atomic E-state index is 14.6. The molecule has 3 N–H and O–H groups in total. The summed E-state index contributed by atoms with van der Waals surface area (Å²) in [7, 11) is 1.56. The molecule has 4 amide bonds. The van der Waals surface area contributed by atoms with E-state index in [0.29, 0.717) is 50.6 Å². The van der Waals surface area contributed by atoms with Crippen molar-refractivity contribution in [3.63, 3.8) is 0 Å². The molecule has 0 radical (unpaired) electrons. The van der Waals surface area contributed by atoms with E-state index in [9.17, 15) is 23.2 Å². The lowest BCUT2D eigenvalue weighted by atomic mass is 10.1. The Morgan fingerprint density at radius 1 is 1.07 bits per heavy atom. The fraction of sp³-hybridized carbons (Fsp3) is 0.357. The Morgan fingerprint density at radius 2 is 1.81 bits per heavy atom. The number of anilines is 1. The van der Waals surface area contributed by atoms with Crippen LogP contribution in [0.25, 0.3) is 11.3 Å². The largest absolute Gasteiger partial charge is 0.463 e. The standard InChI is InChI=1S/C28H30ClF2N7O4/c1-35-24(21-5-3-19(42-16-30)13-23(21)31)14-33-25(35)26(39)34-18-2-4-20(22(29)12-18)27(40)36-8-10-37(11-9-36)28(41)38-7-6-17(32)15-38/h2-5,12-14,17H,6-11,15-16,32H2,1H3,(H,34,39)/t17-/m1/s1. The predicted molar refractivity (Wildman–Crippen MR) is 152 cm³/mol. The molecule has 1 aromatic heterocycles. The number of rotatable bonds is 6. The third-order valence-electron chi connectivity index (χ3n) is 7.42. The molecule has 5 rings (SSSR count). The molecule has 2 fully saturated rings. The Labute approximate surface area is 245 Å². The zero-order valence-electron chi connectivity index (χ0n) is 22.9. The summed E-state index contributed by atoms with van der Waals surface area (Å²) in [5, 5.41) is 2.85.